The summed E-state index contributed by atoms with van der Waals surface area (Å²) in [6.45, 7) is 0. The van der Waals surface area contributed by atoms with Crippen LogP contribution >= 0.6 is 22.6 Å². The molecule has 1 aromatic carbocycles. The Morgan fingerprint density at radius 2 is 1.12 bits per heavy atom. The lowest BCUT2D eigenvalue weighted by molar-refractivity contribution is -0.137. The summed E-state index contributed by atoms with van der Waals surface area (Å²) in [6, 6.07) is 8.90. The van der Waals surface area contributed by atoms with E-state index < -0.39 is 5.97 Å². The molecule has 0 radical (unpaired) electrons. The number of hydrogen-bond acceptors (Lipinski definition) is 1. The fourth-order valence-electron chi connectivity index (χ4n) is 3.02. The Labute approximate surface area is 161 Å². The van der Waals surface area contributed by atoms with Gasteiger partial charge in [-0.05, 0) is 59.5 Å². The second kappa shape index (κ2) is 14.7. The van der Waals surface area contributed by atoms with Crippen LogP contribution in [0.2, 0.25) is 0 Å². The van der Waals surface area contributed by atoms with Gasteiger partial charge in [0, 0.05) is 9.99 Å². The molecule has 1 rings (SSSR count). The molecule has 0 saturated carbocycles. The van der Waals surface area contributed by atoms with E-state index in [4.69, 9.17) is 5.11 Å². The molecule has 0 spiro atoms. The topological polar surface area (TPSA) is 37.3 Å². The molecule has 0 unspecified atom stereocenters. The van der Waals surface area contributed by atoms with Gasteiger partial charge in [-0.1, -0.05) is 76.3 Å². The first-order valence-corrected chi connectivity index (χ1v) is 10.7. The average Bonchev–Trinajstić information content (AvgIpc) is 2.56. The van der Waals surface area contributed by atoms with Crippen molar-refractivity contribution < 1.29 is 9.90 Å². The van der Waals surface area contributed by atoms with Crippen LogP contribution in [0.5, 0.6) is 0 Å². The minimum Gasteiger partial charge on any atom is -0.481 e. The first kappa shape index (κ1) is 21.5. The summed E-state index contributed by atoms with van der Waals surface area (Å²) in [5.41, 5.74) is 1.47. The number of hydrogen-bond donors (Lipinski definition) is 1. The maximum absolute atomic E-state index is 10.4. The van der Waals surface area contributed by atoms with E-state index in [0.717, 1.165) is 12.8 Å². The van der Waals surface area contributed by atoms with Gasteiger partial charge in [-0.2, -0.15) is 0 Å². The van der Waals surface area contributed by atoms with Gasteiger partial charge < -0.3 is 5.11 Å². The Balaban J connectivity index is 1.77. The largest absolute Gasteiger partial charge is 0.481 e. The third kappa shape index (κ3) is 12.8. The minimum absolute atomic E-state index is 0.337. The number of carboxylic acids is 1. The van der Waals surface area contributed by atoms with E-state index in [-0.39, 0.29) is 0 Å². The van der Waals surface area contributed by atoms with E-state index in [1.807, 2.05) is 0 Å². The van der Waals surface area contributed by atoms with E-state index in [9.17, 15) is 4.79 Å². The number of carboxylic acid groups (broad SMARTS) is 1. The number of carbonyl (C=O) groups is 1. The Morgan fingerprint density at radius 3 is 1.58 bits per heavy atom. The van der Waals surface area contributed by atoms with Crippen LogP contribution in [0.25, 0.3) is 0 Å². The van der Waals surface area contributed by atoms with Gasteiger partial charge in [0.15, 0.2) is 0 Å². The number of halogens is 1. The molecule has 0 amide bonds. The third-order valence-electron chi connectivity index (χ3n) is 4.52. The summed E-state index contributed by atoms with van der Waals surface area (Å²) < 4.78 is 1.32. The van der Waals surface area contributed by atoms with Crippen molar-refractivity contribution in [2.24, 2.45) is 0 Å². The Morgan fingerprint density at radius 1 is 0.708 bits per heavy atom. The van der Waals surface area contributed by atoms with Gasteiger partial charge in [0.2, 0.25) is 0 Å². The zero-order chi connectivity index (χ0) is 17.5. The fraction of sp³-hybridized carbons (Fsp3) is 0.667. The van der Waals surface area contributed by atoms with Gasteiger partial charge in [-0.3, -0.25) is 4.79 Å². The summed E-state index contributed by atoms with van der Waals surface area (Å²) in [4.78, 5) is 10.4. The number of aliphatic carboxylic acids is 1. The van der Waals surface area contributed by atoms with Crippen molar-refractivity contribution in [3.63, 3.8) is 0 Å². The maximum atomic E-state index is 10.4. The van der Waals surface area contributed by atoms with Crippen molar-refractivity contribution in [3.8, 4) is 0 Å². The summed E-state index contributed by atoms with van der Waals surface area (Å²) in [5.74, 6) is -0.659. The molecule has 0 aliphatic carbocycles. The van der Waals surface area contributed by atoms with Crippen molar-refractivity contribution in [2.45, 2.75) is 89.9 Å². The SMILES string of the molecule is O=C(O)CCCCCCCCCCCCCCc1ccc([125I])cc1. The maximum Gasteiger partial charge on any atom is 0.303 e. The van der Waals surface area contributed by atoms with Crippen LogP contribution in [-0.4, -0.2) is 11.1 Å². The molecule has 0 atom stereocenters. The van der Waals surface area contributed by atoms with Gasteiger partial charge in [-0.25, -0.2) is 0 Å². The molecule has 1 N–H and O–H groups in total. The molecule has 0 saturated heterocycles. The van der Waals surface area contributed by atoms with Gasteiger partial charge in [-0.15, -0.1) is 0 Å². The van der Waals surface area contributed by atoms with Crippen molar-refractivity contribution in [1.82, 2.24) is 0 Å². The molecule has 0 bridgehead atoms. The third-order valence-corrected chi connectivity index (χ3v) is 5.24. The van der Waals surface area contributed by atoms with Gasteiger partial charge >= 0.3 is 5.97 Å². The lowest BCUT2D eigenvalue weighted by Gasteiger charge is -2.04. The lowest BCUT2D eigenvalue weighted by atomic mass is 10.0. The van der Waals surface area contributed by atoms with Crippen LogP contribution in [0.3, 0.4) is 0 Å². The summed E-state index contributed by atoms with van der Waals surface area (Å²) in [6.07, 6.45) is 16.8. The first-order chi connectivity index (χ1) is 11.7. The highest BCUT2D eigenvalue weighted by Gasteiger charge is 1.97. The number of rotatable bonds is 15. The fourth-order valence-corrected chi connectivity index (χ4v) is 3.38. The molecule has 0 heterocycles. The van der Waals surface area contributed by atoms with E-state index >= 15 is 0 Å². The second-order valence-corrected chi connectivity index (χ2v) is 8.01. The minimum atomic E-state index is -0.659. The van der Waals surface area contributed by atoms with Gasteiger partial charge in [0.25, 0.3) is 0 Å². The van der Waals surface area contributed by atoms with Crippen LogP contribution in [0, 0.1) is 3.57 Å². The highest BCUT2D eigenvalue weighted by molar-refractivity contribution is 14.1. The van der Waals surface area contributed by atoms with E-state index in [1.54, 1.807) is 0 Å². The molecule has 24 heavy (non-hydrogen) atoms. The Bertz CT molecular complexity index is 428. The van der Waals surface area contributed by atoms with E-state index in [1.165, 1.54) is 79.8 Å². The lowest BCUT2D eigenvalue weighted by Crippen LogP contribution is -1.93. The normalized spacial score (nSPS) is 10.9. The monoisotopic (exact) mass is 442 g/mol. The average molecular weight is 442 g/mol. The second-order valence-electron chi connectivity index (χ2n) is 6.76. The van der Waals surface area contributed by atoms with Crippen molar-refractivity contribution in [1.29, 1.82) is 0 Å². The Kier molecular flexibility index (Phi) is 13.2. The molecule has 0 aromatic heterocycles. The molecular formula is C21H33IO2. The van der Waals surface area contributed by atoms with Gasteiger partial charge in [0.05, 0.1) is 0 Å². The molecule has 0 aliphatic rings. The molecule has 0 aliphatic heterocycles. The molecule has 3 heteroatoms. The molecule has 136 valence electrons. The van der Waals surface area contributed by atoms with Crippen LogP contribution in [0.15, 0.2) is 24.3 Å². The van der Waals surface area contributed by atoms with Crippen LogP contribution in [0.4, 0.5) is 0 Å². The number of unbranched alkanes of at least 4 members (excludes halogenated alkanes) is 11. The number of benzene rings is 1. The van der Waals surface area contributed by atoms with E-state index in [2.05, 4.69) is 46.9 Å². The first-order valence-electron chi connectivity index (χ1n) is 9.65. The van der Waals surface area contributed by atoms with Crippen molar-refractivity contribution in [2.75, 3.05) is 0 Å². The van der Waals surface area contributed by atoms with Crippen LogP contribution in [-0.2, 0) is 11.2 Å². The highest BCUT2D eigenvalue weighted by atomic mass is 125. The number of aryl methyl sites for hydroxylation is 1. The van der Waals surface area contributed by atoms with Crippen LogP contribution < -0.4 is 0 Å². The van der Waals surface area contributed by atoms with Gasteiger partial charge in [0.1, 0.15) is 0 Å². The summed E-state index contributed by atoms with van der Waals surface area (Å²) in [7, 11) is 0. The van der Waals surface area contributed by atoms with Crippen LogP contribution in [0.1, 0.15) is 89.0 Å². The quantitative estimate of drug-likeness (QED) is 0.235. The predicted octanol–water partition coefficient (Wildman–Crippen LogP) is 6.99. The molecule has 1 aromatic rings. The Hall–Kier alpha value is -0.580. The van der Waals surface area contributed by atoms with E-state index in [0.29, 0.717) is 6.42 Å². The highest BCUT2D eigenvalue weighted by Crippen LogP contribution is 2.14. The predicted molar refractivity (Wildman–Crippen MR) is 111 cm³/mol. The summed E-state index contributed by atoms with van der Waals surface area (Å²) in [5, 5.41) is 8.56. The standard InChI is InChI=1S/C21H33IO2/c22-20-17-15-19(16-18-20)13-11-9-7-5-3-1-2-4-6-8-10-12-14-21(23)24/h15-18H,1-14H2,(H,23,24)/i22-2. The zero-order valence-electron chi connectivity index (χ0n) is 14.9. The van der Waals surface area contributed by atoms with Crippen molar-refractivity contribution >= 4 is 28.6 Å². The molecule has 2 nitrogen and oxygen atoms in total. The zero-order valence-corrected chi connectivity index (χ0v) is 17.1. The molecule has 0 fully saturated rings. The van der Waals surface area contributed by atoms with Crippen molar-refractivity contribution in [3.05, 3.63) is 33.4 Å². The smallest absolute Gasteiger partial charge is 0.303 e. The molecular weight excluding hydrogens is 409 g/mol. The summed E-state index contributed by atoms with van der Waals surface area (Å²) >= 11 is 2.36.